The minimum absolute atomic E-state index is 0.238. The van der Waals surface area contributed by atoms with Gasteiger partial charge in [0.25, 0.3) is 5.91 Å². The van der Waals surface area contributed by atoms with E-state index < -0.39 is 0 Å². The van der Waals surface area contributed by atoms with Gasteiger partial charge in [0.2, 0.25) is 0 Å². The Bertz CT molecular complexity index is 830. The van der Waals surface area contributed by atoms with Crippen molar-refractivity contribution in [1.82, 2.24) is 4.98 Å². The maximum absolute atomic E-state index is 13.1. The van der Waals surface area contributed by atoms with Crippen LogP contribution >= 0.6 is 22.6 Å². The molecule has 0 bridgehead atoms. The highest BCUT2D eigenvalue weighted by Crippen LogP contribution is 2.22. The zero-order valence-electron chi connectivity index (χ0n) is 10.8. The molecule has 1 heterocycles. The molecule has 0 unspecified atom stereocenters. The van der Waals surface area contributed by atoms with Gasteiger partial charge in [-0.2, -0.15) is 0 Å². The van der Waals surface area contributed by atoms with Crippen molar-refractivity contribution in [2.75, 3.05) is 5.32 Å². The van der Waals surface area contributed by atoms with Crippen LogP contribution < -0.4 is 5.32 Å². The predicted octanol–water partition coefficient (Wildman–Crippen LogP) is 4.23. The van der Waals surface area contributed by atoms with Crippen LogP contribution in [0.3, 0.4) is 0 Å². The molecule has 21 heavy (non-hydrogen) atoms. The Morgan fingerprint density at radius 2 is 2.00 bits per heavy atom. The molecule has 0 aliphatic carbocycles. The fourth-order valence-electron chi connectivity index (χ4n) is 2.08. The van der Waals surface area contributed by atoms with Crippen LogP contribution in [0.15, 0.2) is 54.7 Å². The summed E-state index contributed by atoms with van der Waals surface area (Å²) >= 11 is 1.99. The second-order valence-electron chi connectivity index (χ2n) is 4.45. The molecule has 3 aromatic rings. The number of carbonyl (C=O) groups is 1. The monoisotopic (exact) mass is 392 g/mol. The van der Waals surface area contributed by atoms with Crippen LogP contribution in [0.25, 0.3) is 10.9 Å². The molecule has 5 heteroatoms. The molecule has 1 aromatic heterocycles. The average molecular weight is 392 g/mol. The van der Waals surface area contributed by atoms with Gasteiger partial charge >= 0.3 is 0 Å². The normalized spacial score (nSPS) is 10.6. The molecule has 1 amide bonds. The van der Waals surface area contributed by atoms with E-state index in [0.717, 1.165) is 10.9 Å². The second-order valence-corrected chi connectivity index (χ2v) is 5.62. The van der Waals surface area contributed by atoms with Gasteiger partial charge < -0.3 is 5.32 Å². The van der Waals surface area contributed by atoms with Crippen molar-refractivity contribution in [3.8, 4) is 0 Å². The number of amides is 1. The molecular formula is C16H10FIN2O. The van der Waals surface area contributed by atoms with Gasteiger partial charge in [0.1, 0.15) is 5.82 Å². The number of pyridine rings is 1. The first-order valence-electron chi connectivity index (χ1n) is 6.25. The van der Waals surface area contributed by atoms with Gasteiger partial charge in [-0.3, -0.25) is 9.78 Å². The number of halogens is 2. The first-order chi connectivity index (χ1) is 10.1. The molecule has 104 valence electrons. The molecule has 0 aliphatic heterocycles. The maximum atomic E-state index is 13.1. The Kier molecular flexibility index (Phi) is 3.83. The second kappa shape index (κ2) is 5.77. The number of nitrogens with zero attached hydrogens (tertiary/aromatic N) is 1. The number of fused-ring (bicyclic) bond motifs is 1. The van der Waals surface area contributed by atoms with Crippen LogP contribution in [0.4, 0.5) is 10.1 Å². The summed E-state index contributed by atoms with van der Waals surface area (Å²) < 4.78 is 13.7. The fourth-order valence-corrected chi connectivity index (χ4v) is 2.69. The van der Waals surface area contributed by atoms with Crippen LogP contribution in [0, 0.1) is 9.39 Å². The number of nitrogens with one attached hydrogen (secondary N) is 1. The van der Waals surface area contributed by atoms with Gasteiger partial charge in [0, 0.05) is 20.7 Å². The van der Waals surface area contributed by atoms with Gasteiger partial charge in [-0.25, -0.2) is 4.39 Å². The summed E-state index contributed by atoms with van der Waals surface area (Å²) in [6.07, 6.45) is 1.69. The van der Waals surface area contributed by atoms with Gasteiger partial charge in [-0.1, -0.05) is 12.1 Å². The summed E-state index contributed by atoms with van der Waals surface area (Å²) in [5.74, 6) is -0.565. The molecule has 0 aliphatic rings. The lowest BCUT2D eigenvalue weighted by atomic mass is 10.1. The van der Waals surface area contributed by atoms with E-state index in [1.165, 1.54) is 12.1 Å². The van der Waals surface area contributed by atoms with Crippen molar-refractivity contribution >= 4 is 45.1 Å². The third-order valence-electron chi connectivity index (χ3n) is 3.07. The van der Waals surface area contributed by atoms with Crippen LogP contribution in [-0.4, -0.2) is 10.9 Å². The van der Waals surface area contributed by atoms with Crippen molar-refractivity contribution in [1.29, 1.82) is 0 Å². The lowest BCUT2D eigenvalue weighted by Crippen LogP contribution is -2.13. The number of benzene rings is 2. The van der Waals surface area contributed by atoms with Crippen LogP contribution in [0.1, 0.15) is 10.4 Å². The molecular weight excluding hydrogens is 382 g/mol. The summed E-state index contributed by atoms with van der Waals surface area (Å²) in [5, 5.41) is 3.59. The van der Waals surface area contributed by atoms with Crippen molar-refractivity contribution < 1.29 is 9.18 Å². The fraction of sp³-hybridized carbons (Fsp3) is 0. The third kappa shape index (κ3) is 2.87. The standard InChI is InChI=1S/C16H10FIN2O/c17-10-6-7-15(13(18)9-10)20-16(21)12-3-1-5-14-11(12)4-2-8-19-14/h1-9H,(H,20,21). The van der Waals surface area contributed by atoms with E-state index in [2.05, 4.69) is 10.3 Å². The van der Waals surface area contributed by atoms with Gasteiger partial charge in [-0.15, -0.1) is 0 Å². The van der Waals surface area contributed by atoms with Gasteiger partial charge in [0.15, 0.2) is 0 Å². The van der Waals surface area contributed by atoms with E-state index in [9.17, 15) is 9.18 Å². The summed E-state index contributed by atoms with van der Waals surface area (Å²) in [7, 11) is 0. The first-order valence-corrected chi connectivity index (χ1v) is 7.33. The van der Waals surface area contributed by atoms with Crippen LogP contribution in [0.5, 0.6) is 0 Å². The van der Waals surface area contributed by atoms with Crippen molar-refractivity contribution in [2.45, 2.75) is 0 Å². The van der Waals surface area contributed by atoms with E-state index in [4.69, 9.17) is 0 Å². The van der Waals surface area contributed by atoms with Crippen LogP contribution in [0.2, 0.25) is 0 Å². The Morgan fingerprint density at radius 1 is 1.14 bits per heavy atom. The predicted molar refractivity (Wildman–Crippen MR) is 88.8 cm³/mol. The van der Waals surface area contributed by atoms with E-state index >= 15 is 0 Å². The highest BCUT2D eigenvalue weighted by atomic mass is 127. The minimum atomic E-state index is -0.327. The zero-order chi connectivity index (χ0) is 14.8. The van der Waals surface area contributed by atoms with Gasteiger partial charge in [0.05, 0.1) is 11.2 Å². The van der Waals surface area contributed by atoms with E-state index in [1.807, 2.05) is 34.7 Å². The quantitative estimate of drug-likeness (QED) is 0.664. The summed E-state index contributed by atoms with van der Waals surface area (Å²) in [4.78, 5) is 16.7. The molecule has 0 fully saturated rings. The number of aromatic nitrogens is 1. The summed E-state index contributed by atoms with van der Waals surface area (Å²) in [6.45, 7) is 0. The molecule has 0 saturated carbocycles. The highest BCUT2D eigenvalue weighted by molar-refractivity contribution is 14.1. The smallest absolute Gasteiger partial charge is 0.256 e. The maximum Gasteiger partial charge on any atom is 0.256 e. The SMILES string of the molecule is O=C(Nc1ccc(F)cc1I)c1cccc2ncccc12. The zero-order valence-corrected chi connectivity index (χ0v) is 13.0. The lowest BCUT2D eigenvalue weighted by molar-refractivity contribution is 0.102. The molecule has 0 saturated heterocycles. The average Bonchev–Trinajstić information content (AvgIpc) is 2.49. The first kappa shape index (κ1) is 13.9. The molecule has 0 spiro atoms. The third-order valence-corrected chi connectivity index (χ3v) is 3.96. The number of rotatable bonds is 2. The Balaban J connectivity index is 1.97. The molecule has 2 aromatic carbocycles. The topological polar surface area (TPSA) is 42.0 Å². The van der Waals surface area contributed by atoms with Crippen molar-refractivity contribution in [3.63, 3.8) is 0 Å². The number of carbonyl (C=O) groups excluding carboxylic acids is 1. The molecule has 1 N–H and O–H groups in total. The number of anilines is 1. The highest BCUT2D eigenvalue weighted by Gasteiger charge is 2.12. The Morgan fingerprint density at radius 3 is 2.81 bits per heavy atom. The largest absolute Gasteiger partial charge is 0.321 e. The summed E-state index contributed by atoms with van der Waals surface area (Å²) in [5.41, 5.74) is 1.89. The van der Waals surface area contributed by atoms with E-state index in [0.29, 0.717) is 14.8 Å². The molecule has 0 atom stereocenters. The number of hydrogen-bond acceptors (Lipinski definition) is 2. The van der Waals surface area contributed by atoms with E-state index in [1.54, 1.807) is 30.5 Å². The molecule has 0 radical (unpaired) electrons. The van der Waals surface area contributed by atoms with Crippen molar-refractivity contribution in [2.24, 2.45) is 0 Å². The van der Waals surface area contributed by atoms with Gasteiger partial charge in [-0.05, 0) is 59.0 Å². The summed E-state index contributed by atoms with van der Waals surface area (Å²) in [6, 6.07) is 13.3. The van der Waals surface area contributed by atoms with Crippen molar-refractivity contribution in [3.05, 3.63) is 69.7 Å². The lowest BCUT2D eigenvalue weighted by Gasteiger charge is -2.09. The Hall–Kier alpha value is -2.02. The minimum Gasteiger partial charge on any atom is -0.321 e. The Labute approximate surface area is 134 Å². The van der Waals surface area contributed by atoms with Crippen LogP contribution in [-0.2, 0) is 0 Å². The number of hydrogen-bond donors (Lipinski definition) is 1. The van der Waals surface area contributed by atoms with E-state index in [-0.39, 0.29) is 11.7 Å². The molecule has 3 nitrogen and oxygen atoms in total. The molecule has 3 rings (SSSR count).